The zero-order valence-corrected chi connectivity index (χ0v) is 17.4. The predicted octanol–water partition coefficient (Wildman–Crippen LogP) is 3.95. The molecule has 0 saturated carbocycles. The first kappa shape index (κ1) is 21.4. The molecular weight excluding hydrogens is 342 g/mol. The second-order valence-electron chi connectivity index (χ2n) is 7.36. The fourth-order valence-corrected chi connectivity index (χ4v) is 4.52. The van der Waals surface area contributed by atoms with Crippen LogP contribution in [-0.2, 0) is 9.16 Å². The van der Waals surface area contributed by atoms with Gasteiger partial charge in [0.05, 0.1) is 12.7 Å². The van der Waals surface area contributed by atoms with Gasteiger partial charge in [0.2, 0.25) is 9.04 Å². The van der Waals surface area contributed by atoms with E-state index >= 15 is 0 Å². The van der Waals surface area contributed by atoms with Crippen LogP contribution in [0, 0.1) is 15.5 Å². The fourth-order valence-electron chi connectivity index (χ4n) is 2.65. The summed E-state index contributed by atoms with van der Waals surface area (Å²) in [5, 5.41) is 11.4. The van der Waals surface area contributed by atoms with Gasteiger partial charge >= 0.3 is 0 Å². The smallest absolute Gasteiger partial charge is 0.251 e. The molecule has 3 atom stereocenters. The van der Waals surface area contributed by atoms with E-state index < -0.39 is 19.8 Å². The van der Waals surface area contributed by atoms with Gasteiger partial charge in [-0.1, -0.05) is 39.0 Å². The SMILES string of the molecule is CSC1(COCCC(O[Si](C)C)C(C)(C)C)C=CC=CC1[N+](=O)[O-]. The molecule has 0 saturated heterocycles. The normalized spacial score (nSPS) is 25.2. The predicted molar refractivity (Wildman–Crippen MR) is 103 cm³/mol. The third-order valence-corrected chi connectivity index (χ3v) is 6.10. The number of thioether (sulfide) groups is 1. The largest absolute Gasteiger partial charge is 0.414 e. The summed E-state index contributed by atoms with van der Waals surface area (Å²) in [6.45, 7) is 11.6. The van der Waals surface area contributed by atoms with Gasteiger partial charge in [0, 0.05) is 11.5 Å². The second-order valence-corrected chi connectivity index (χ2v) is 10.6. The minimum Gasteiger partial charge on any atom is -0.414 e. The van der Waals surface area contributed by atoms with Crippen LogP contribution in [0.4, 0.5) is 0 Å². The van der Waals surface area contributed by atoms with Crippen molar-refractivity contribution in [3.63, 3.8) is 0 Å². The van der Waals surface area contributed by atoms with Gasteiger partial charge in [-0.15, -0.1) is 11.8 Å². The molecule has 0 aromatic heterocycles. The molecule has 0 N–H and O–H groups in total. The Labute approximate surface area is 151 Å². The number of rotatable bonds is 9. The molecule has 0 aromatic carbocycles. The van der Waals surface area contributed by atoms with Crippen molar-refractivity contribution in [1.29, 1.82) is 0 Å². The Hall–Kier alpha value is -0.633. The molecule has 137 valence electrons. The molecule has 1 aliphatic rings. The van der Waals surface area contributed by atoms with E-state index in [9.17, 15) is 10.1 Å². The summed E-state index contributed by atoms with van der Waals surface area (Å²) in [4.78, 5) is 11.1. The summed E-state index contributed by atoms with van der Waals surface area (Å²) >= 11 is 1.47. The van der Waals surface area contributed by atoms with E-state index in [-0.39, 0.29) is 16.4 Å². The van der Waals surface area contributed by atoms with Crippen LogP contribution in [0.3, 0.4) is 0 Å². The highest BCUT2D eigenvalue weighted by Gasteiger charge is 2.44. The summed E-state index contributed by atoms with van der Waals surface area (Å²) in [6, 6.07) is -0.756. The monoisotopic (exact) mass is 372 g/mol. The van der Waals surface area contributed by atoms with E-state index in [0.29, 0.717) is 13.2 Å². The van der Waals surface area contributed by atoms with Crippen molar-refractivity contribution in [2.75, 3.05) is 19.5 Å². The van der Waals surface area contributed by atoms with E-state index in [0.717, 1.165) is 6.42 Å². The molecule has 1 rings (SSSR count). The molecule has 0 heterocycles. The van der Waals surface area contributed by atoms with Crippen LogP contribution in [0.2, 0.25) is 13.1 Å². The highest BCUT2D eigenvalue weighted by molar-refractivity contribution is 8.00. The number of hydrogen-bond donors (Lipinski definition) is 0. The molecule has 0 spiro atoms. The minimum atomic E-state index is -0.778. The Kier molecular flexibility index (Phi) is 8.18. The van der Waals surface area contributed by atoms with Crippen molar-refractivity contribution < 1.29 is 14.1 Å². The third-order valence-electron chi connectivity index (χ3n) is 4.09. The molecule has 0 bridgehead atoms. The summed E-state index contributed by atoms with van der Waals surface area (Å²) in [6.07, 6.45) is 9.96. The van der Waals surface area contributed by atoms with Crippen LogP contribution in [0.1, 0.15) is 27.2 Å². The van der Waals surface area contributed by atoms with Gasteiger partial charge in [0.25, 0.3) is 6.04 Å². The number of allylic oxidation sites excluding steroid dienone is 2. The van der Waals surface area contributed by atoms with Crippen molar-refractivity contribution in [1.82, 2.24) is 0 Å². The molecule has 1 radical (unpaired) electrons. The zero-order valence-electron chi connectivity index (χ0n) is 15.6. The van der Waals surface area contributed by atoms with Gasteiger partial charge in [-0.3, -0.25) is 10.1 Å². The summed E-state index contributed by atoms with van der Waals surface area (Å²) in [7, 11) is -0.778. The average Bonchev–Trinajstić information content (AvgIpc) is 2.49. The number of ether oxygens (including phenoxy) is 1. The van der Waals surface area contributed by atoms with Crippen molar-refractivity contribution >= 4 is 20.8 Å². The van der Waals surface area contributed by atoms with Crippen molar-refractivity contribution in [2.45, 2.75) is 57.2 Å². The summed E-state index contributed by atoms with van der Waals surface area (Å²) < 4.78 is 11.3. The Morgan fingerprint density at radius 1 is 1.38 bits per heavy atom. The van der Waals surface area contributed by atoms with E-state index in [4.69, 9.17) is 9.16 Å². The number of nitrogens with zero attached hydrogens (tertiary/aromatic N) is 1. The lowest BCUT2D eigenvalue weighted by molar-refractivity contribution is -0.513. The molecule has 24 heavy (non-hydrogen) atoms. The highest BCUT2D eigenvalue weighted by atomic mass is 32.2. The Morgan fingerprint density at radius 2 is 2.04 bits per heavy atom. The van der Waals surface area contributed by atoms with E-state index in [2.05, 4.69) is 33.9 Å². The highest BCUT2D eigenvalue weighted by Crippen LogP contribution is 2.34. The van der Waals surface area contributed by atoms with Crippen molar-refractivity contribution in [2.24, 2.45) is 5.41 Å². The van der Waals surface area contributed by atoms with Crippen molar-refractivity contribution in [3.05, 3.63) is 34.4 Å². The quantitative estimate of drug-likeness (QED) is 0.265. The van der Waals surface area contributed by atoms with Gasteiger partial charge in [-0.2, -0.15) is 0 Å². The van der Waals surface area contributed by atoms with Crippen molar-refractivity contribution in [3.8, 4) is 0 Å². The number of nitro groups is 1. The molecule has 3 unspecified atom stereocenters. The molecular formula is C17H30NO4SSi. The first-order valence-corrected chi connectivity index (χ1v) is 11.8. The van der Waals surface area contributed by atoms with E-state index in [1.807, 2.05) is 18.4 Å². The summed E-state index contributed by atoms with van der Waals surface area (Å²) in [5.41, 5.74) is 0.0549. The van der Waals surface area contributed by atoms with Crippen LogP contribution in [0.15, 0.2) is 24.3 Å². The molecule has 0 amide bonds. The lowest BCUT2D eigenvalue weighted by atomic mass is 9.87. The van der Waals surface area contributed by atoms with Crippen LogP contribution in [0.25, 0.3) is 0 Å². The molecule has 0 aromatic rings. The van der Waals surface area contributed by atoms with Crippen LogP contribution >= 0.6 is 11.8 Å². The second kappa shape index (κ2) is 9.17. The van der Waals surface area contributed by atoms with Gasteiger partial charge in [0.15, 0.2) is 0 Å². The zero-order chi connectivity index (χ0) is 18.4. The van der Waals surface area contributed by atoms with Crippen LogP contribution in [0.5, 0.6) is 0 Å². The summed E-state index contributed by atoms with van der Waals surface area (Å²) in [5.74, 6) is 0. The van der Waals surface area contributed by atoms with Gasteiger partial charge in [0.1, 0.15) is 4.75 Å². The third kappa shape index (κ3) is 6.02. The molecule has 0 aliphatic heterocycles. The standard InChI is InChI=1S/C17H30NO4SSi/c1-16(2,3)15(22-24(5)6)10-12-21-13-17(23-4)11-8-7-9-14(17)18(19)20/h7-9,11,14-15H,10,12-13H2,1-6H3. The Morgan fingerprint density at radius 3 is 2.54 bits per heavy atom. The average molecular weight is 373 g/mol. The maximum Gasteiger partial charge on any atom is 0.251 e. The first-order valence-electron chi connectivity index (χ1n) is 8.21. The van der Waals surface area contributed by atoms with Gasteiger partial charge in [-0.05, 0) is 37.3 Å². The van der Waals surface area contributed by atoms with Gasteiger partial charge in [-0.25, -0.2) is 0 Å². The Bertz CT molecular complexity index is 476. The molecule has 0 fully saturated rings. The topological polar surface area (TPSA) is 61.6 Å². The number of hydrogen-bond acceptors (Lipinski definition) is 5. The van der Waals surface area contributed by atoms with Crippen LogP contribution in [-0.4, -0.2) is 50.3 Å². The van der Waals surface area contributed by atoms with Gasteiger partial charge < -0.3 is 9.16 Å². The van der Waals surface area contributed by atoms with E-state index in [1.165, 1.54) is 11.8 Å². The minimum absolute atomic E-state index is 0.0549. The molecule has 5 nitrogen and oxygen atoms in total. The maximum atomic E-state index is 11.4. The first-order chi connectivity index (χ1) is 11.1. The lowest BCUT2D eigenvalue weighted by Crippen LogP contribution is -2.46. The van der Waals surface area contributed by atoms with Crippen LogP contribution < -0.4 is 0 Å². The Balaban J connectivity index is 2.62. The fraction of sp³-hybridized carbons (Fsp3) is 0.765. The van der Waals surface area contributed by atoms with E-state index in [1.54, 1.807) is 12.2 Å². The lowest BCUT2D eigenvalue weighted by Gasteiger charge is -2.34. The molecule has 7 heteroatoms. The maximum absolute atomic E-state index is 11.4. The molecule has 1 aliphatic carbocycles.